The number of carbonyl (C=O) groups excluding carboxylic acids is 1. The van der Waals surface area contributed by atoms with Gasteiger partial charge in [0.25, 0.3) is 0 Å². The maximum Gasteiger partial charge on any atom is 0.416 e. The Bertz CT molecular complexity index is 533. The third kappa shape index (κ3) is 3.97. The standard InChI is InChI=1S/C14H16BrF3N2O/c15-10-4-9(14(16,17)18)5-11(6-10)20-13(21)12-3-1-2-8(12)7-19/h4-6,8,12H,1-3,7,19H2,(H,20,21). The molecule has 1 fully saturated rings. The number of nitrogens with two attached hydrogens (primary N) is 1. The van der Waals surface area contributed by atoms with Crippen LogP contribution in [0.1, 0.15) is 24.8 Å². The Balaban J connectivity index is 2.16. The Morgan fingerprint density at radius 3 is 2.67 bits per heavy atom. The molecule has 2 unspecified atom stereocenters. The highest BCUT2D eigenvalue weighted by Crippen LogP contribution is 2.35. The molecular formula is C14H16BrF3N2O. The van der Waals surface area contributed by atoms with E-state index in [1.807, 2.05) is 0 Å². The van der Waals surface area contributed by atoms with E-state index in [0.29, 0.717) is 6.54 Å². The molecule has 116 valence electrons. The molecule has 0 aromatic heterocycles. The summed E-state index contributed by atoms with van der Waals surface area (Å²) in [4.78, 5) is 12.2. The minimum absolute atomic E-state index is 0.110. The van der Waals surface area contributed by atoms with Gasteiger partial charge in [0.15, 0.2) is 0 Å². The number of anilines is 1. The molecule has 1 aromatic carbocycles. The van der Waals surface area contributed by atoms with Gasteiger partial charge in [-0.05, 0) is 43.5 Å². The molecule has 1 aliphatic carbocycles. The summed E-state index contributed by atoms with van der Waals surface area (Å²) < 4.78 is 38.5. The fourth-order valence-electron chi connectivity index (χ4n) is 2.72. The Labute approximate surface area is 129 Å². The first-order chi connectivity index (χ1) is 9.81. The van der Waals surface area contributed by atoms with Crippen LogP contribution in [0.15, 0.2) is 22.7 Å². The summed E-state index contributed by atoms with van der Waals surface area (Å²) >= 11 is 3.03. The van der Waals surface area contributed by atoms with Crippen molar-refractivity contribution in [2.45, 2.75) is 25.4 Å². The second kappa shape index (κ2) is 6.36. The third-order valence-electron chi connectivity index (χ3n) is 3.79. The Hall–Kier alpha value is -1.08. The van der Waals surface area contributed by atoms with Gasteiger partial charge < -0.3 is 11.1 Å². The van der Waals surface area contributed by atoms with Gasteiger partial charge in [0, 0.05) is 16.1 Å². The number of hydrogen-bond donors (Lipinski definition) is 2. The molecule has 2 atom stereocenters. The van der Waals surface area contributed by atoms with Gasteiger partial charge in [-0.1, -0.05) is 22.4 Å². The van der Waals surface area contributed by atoms with Crippen LogP contribution in [0.2, 0.25) is 0 Å². The fourth-order valence-corrected chi connectivity index (χ4v) is 3.22. The molecule has 3 N–H and O–H groups in total. The van der Waals surface area contributed by atoms with Gasteiger partial charge in [-0.2, -0.15) is 13.2 Å². The molecule has 3 nitrogen and oxygen atoms in total. The first-order valence-corrected chi connectivity index (χ1v) is 7.49. The molecule has 7 heteroatoms. The van der Waals surface area contributed by atoms with Gasteiger partial charge in [-0.15, -0.1) is 0 Å². The van der Waals surface area contributed by atoms with E-state index in [0.717, 1.165) is 31.4 Å². The maximum atomic E-state index is 12.8. The summed E-state index contributed by atoms with van der Waals surface area (Å²) in [6.45, 7) is 0.421. The molecule has 2 rings (SSSR count). The summed E-state index contributed by atoms with van der Waals surface area (Å²) in [7, 11) is 0. The molecule has 21 heavy (non-hydrogen) atoms. The van der Waals surface area contributed by atoms with Crippen LogP contribution < -0.4 is 11.1 Å². The van der Waals surface area contributed by atoms with E-state index >= 15 is 0 Å². The van der Waals surface area contributed by atoms with Gasteiger partial charge in [0.1, 0.15) is 0 Å². The fraction of sp³-hybridized carbons (Fsp3) is 0.500. The number of nitrogens with one attached hydrogen (secondary N) is 1. The Kier molecular flexibility index (Phi) is 4.93. The molecule has 1 amide bonds. The van der Waals surface area contributed by atoms with Crippen LogP contribution in [0, 0.1) is 11.8 Å². The number of alkyl halides is 3. The van der Waals surface area contributed by atoms with Crippen molar-refractivity contribution in [3.8, 4) is 0 Å². The van der Waals surface area contributed by atoms with Gasteiger partial charge in [0.2, 0.25) is 5.91 Å². The van der Waals surface area contributed by atoms with Crippen molar-refractivity contribution < 1.29 is 18.0 Å². The number of hydrogen-bond acceptors (Lipinski definition) is 2. The van der Waals surface area contributed by atoms with Crippen LogP contribution in [-0.4, -0.2) is 12.5 Å². The van der Waals surface area contributed by atoms with Gasteiger partial charge >= 0.3 is 6.18 Å². The van der Waals surface area contributed by atoms with E-state index in [1.54, 1.807) is 0 Å². The first kappa shape index (κ1) is 16.3. The third-order valence-corrected chi connectivity index (χ3v) is 4.25. The topological polar surface area (TPSA) is 55.1 Å². The van der Waals surface area contributed by atoms with E-state index in [-0.39, 0.29) is 27.9 Å². The lowest BCUT2D eigenvalue weighted by Crippen LogP contribution is -2.29. The zero-order valence-electron chi connectivity index (χ0n) is 11.2. The number of benzene rings is 1. The predicted octanol–water partition coefficient (Wildman–Crippen LogP) is 3.78. The number of halogens is 4. The summed E-state index contributed by atoms with van der Waals surface area (Å²) in [5, 5.41) is 2.58. The van der Waals surface area contributed by atoms with Gasteiger partial charge in [-0.3, -0.25) is 4.79 Å². The van der Waals surface area contributed by atoms with Crippen molar-refractivity contribution in [2.75, 3.05) is 11.9 Å². The lowest BCUT2D eigenvalue weighted by Gasteiger charge is -2.18. The summed E-state index contributed by atoms with van der Waals surface area (Å²) in [6, 6.07) is 3.38. The van der Waals surface area contributed by atoms with Crippen LogP contribution >= 0.6 is 15.9 Å². The highest BCUT2D eigenvalue weighted by molar-refractivity contribution is 9.10. The molecular weight excluding hydrogens is 349 g/mol. The lowest BCUT2D eigenvalue weighted by molar-refractivity contribution is -0.137. The van der Waals surface area contributed by atoms with Crippen molar-refractivity contribution in [3.05, 3.63) is 28.2 Å². The quantitative estimate of drug-likeness (QED) is 0.857. The smallest absolute Gasteiger partial charge is 0.330 e. The highest BCUT2D eigenvalue weighted by atomic mass is 79.9. The van der Waals surface area contributed by atoms with Crippen molar-refractivity contribution in [1.82, 2.24) is 0 Å². The summed E-state index contributed by atoms with van der Waals surface area (Å²) in [5.74, 6) is -0.364. The zero-order chi connectivity index (χ0) is 15.6. The monoisotopic (exact) mass is 364 g/mol. The van der Waals surface area contributed by atoms with E-state index in [4.69, 9.17) is 5.73 Å². The normalized spacial score (nSPS) is 22.3. The lowest BCUT2D eigenvalue weighted by atomic mass is 9.95. The molecule has 0 aliphatic heterocycles. The number of carbonyl (C=O) groups is 1. The second-order valence-corrected chi connectivity index (χ2v) is 6.16. The van der Waals surface area contributed by atoms with Crippen LogP contribution in [0.25, 0.3) is 0 Å². The minimum atomic E-state index is -4.45. The van der Waals surface area contributed by atoms with Crippen molar-refractivity contribution in [2.24, 2.45) is 17.6 Å². The second-order valence-electron chi connectivity index (χ2n) is 5.25. The molecule has 1 aromatic rings. The van der Waals surface area contributed by atoms with Crippen molar-refractivity contribution >= 4 is 27.5 Å². The minimum Gasteiger partial charge on any atom is -0.330 e. The molecule has 0 heterocycles. The average Bonchev–Trinajstić information content (AvgIpc) is 2.85. The molecule has 1 saturated carbocycles. The molecule has 0 radical (unpaired) electrons. The molecule has 1 aliphatic rings. The largest absolute Gasteiger partial charge is 0.416 e. The number of rotatable bonds is 3. The van der Waals surface area contributed by atoms with Crippen LogP contribution in [0.4, 0.5) is 18.9 Å². The van der Waals surface area contributed by atoms with Crippen LogP contribution in [-0.2, 0) is 11.0 Å². The highest BCUT2D eigenvalue weighted by Gasteiger charge is 2.33. The molecule has 0 bridgehead atoms. The van der Waals surface area contributed by atoms with E-state index < -0.39 is 11.7 Å². The van der Waals surface area contributed by atoms with E-state index in [2.05, 4.69) is 21.2 Å². The summed E-state index contributed by atoms with van der Waals surface area (Å²) in [6.07, 6.45) is -1.91. The molecule has 0 spiro atoms. The Morgan fingerprint density at radius 1 is 1.33 bits per heavy atom. The van der Waals surface area contributed by atoms with Crippen LogP contribution in [0.5, 0.6) is 0 Å². The SMILES string of the molecule is NCC1CCCC1C(=O)Nc1cc(Br)cc(C(F)(F)F)c1. The van der Waals surface area contributed by atoms with Crippen LogP contribution in [0.3, 0.4) is 0 Å². The maximum absolute atomic E-state index is 12.8. The van der Waals surface area contributed by atoms with Gasteiger partial charge in [-0.25, -0.2) is 0 Å². The van der Waals surface area contributed by atoms with Crippen molar-refractivity contribution in [1.29, 1.82) is 0 Å². The number of amides is 1. The van der Waals surface area contributed by atoms with E-state index in [1.165, 1.54) is 6.07 Å². The molecule has 0 saturated heterocycles. The summed E-state index contributed by atoms with van der Waals surface area (Å²) in [5.41, 5.74) is 4.97. The van der Waals surface area contributed by atoms with Gasteiger partial charge in [0.05, 0.1) is 5.56 Å². The first-order valence-electron chi connectivity index (χ1n) is 6.70. The zero-order valence-corrected chi connectivity index (χ0v) is 12.8. The Morgan fingerprint density at radius 2 is 2.05 bits per heavy atom. The van der Waals surface area contributed by atoms with E-state index in [9.17, 15) is 18.0 Å². The average molecular weight is 365 g/mol. The van der Waals surface area contributed by atoms with Crippen molar-refractivity contribution in [3.63, 3.8) is 0 Å². The predicted molar refractivity (Wildman–Crippen MR) is 77.7 cm³/mol.